The lowest BCUT2D eigenvalue weighted by molar-refractivity contribution is 1.08. The minimum atomic E-state index is 0.653. The number of aromatic nitrogens is 4. The molecule has 0 saturated carbocycles. The Morgan fingerprint density at radius 1 is 0.357 bits per heavy atom. The Morgan fingerprint density at radius 2 is 0.911 bits per heavy atom. The number of nitrogens with zero attached hydrogens (tertiary/aromatic N) is 4. The summed E-state index contributed by atoms with van der Waals surface area (Å²) in [5.74, 6) is 1.97. The summed E-state index contributed by atoms with van der Waals surface area (Å²) in [7, 11) is 0. The molecular weight excluding hydrogens is 701 g/mol. The van der Waals surface area contributed by atoms with Crippen molar-refractivity contribution in [3.63, 3.8) is 0 Å². The Hall–Kier alpha value is -7.21. The van der Waals surface area contributed by atoms with Gasteiger partial charge in [0.2, 0.25) is 0 Å². The maximum absolute atomic E-state index is 5.28. The van der Waals surface area contributed by atoms with Crippen LogP contribution in [-0.2, 0) is 0 Å². The SMILES string of the molecule is c1ccc(-c2nc(-c3cccc4ccccc34)nc(-c3cccc4sc5ccc(-n6c7cc8ccccc8cc7c7cc8ccccc8cc76)cc5c34)n2)cc1. The van der Waals surface area contributed by atoms with Crippen molar-refractivity contribution in [3.05, 3.63) is 182 Å². The number of hydrogen-bond donors (Lipinski definition) is 0. The fraction of sp³-hybridized carbons (Fsp3) is 0. The second-order valence-corrected chi connectivity index (χ2v) is 15.5. The Kier molecular flexibility index (Phi) is 6.76. The van der Waals surface area contributed by atoms with Crippen molar-refractivity contribution in [1.82, 2.24) is 19.5 Å². The van der Waals surface area contributed by atoms with E-state index < -0.39 is 0 Å². The average Bonchev–Trinajstić information content (AvgIpc) is 3.79. The molecule has 0 aliphatic heterocycles. The molecule has 4 nitrogen and oxygen atoms in total. The van der Waals surface area contributed by atoms with E-state index in [0.29, 0.717) is 17.5 Å². The van der Waals surface area contributed by atoms with Gasteiger partial charge in [-0.25, -0.2) is 15.0 Å². The van der Waals surface area contributed by atoms with Gasteiger partial charge in [-0.15, -0.1) is 11.3 Å². The number of benzene rings is 9. The van der Waals surface area contributed by atoms with Gasteiger partial charge in [0.1, 0.15) is 0 Å². The smallest absolute Gasteiger partial charge is 0.164 e. The maximum atomic E-state index is 5.28. The molecular formula is C51H30N4S. The van der Waals surface area contributed by atoms with E-state index in [0.717, 1.165) is 38.5 Å². The lowest BCUT2D eigenvalue weighted by Gasteiger charge is -2.12. The second kappa shape index (κ2) is 12.2. The minimum absolute atomic E-state index is 0.653. The molecule has 0 aliphatic carbocycles. The van der Waals surface area contributed by atoms with Gasteiger partial charge < -0.3 is 4.57 Å². The van der Waals surface area contributed by atoms with E-state index in [1.165, 1.54) is 58.1 Å². The molecule has 0 aliphatic rings. The zero-order valence-corrected chi connectivity index (χ0v) is 30.8. The zero-order chi connectivity index (χ0) is 36.7. The molecule has 3 aromatic heterocycles. The lowest BCUT2D eigenvalue weighted by atomic mass is 10.0. The molecule has 0 fully saturated rings. The van der Waals surface area contributed by atoms with Crippen molar-refractivity contribution in [3.8, 4) is 39.9 Å². The Bertz CT molecular complexity index is 3450. The Morgan fingerprint density at radius 3 is 1.62 bits per heavy atom. The van der Waals surface area contributed by atoms with Crippen LogP contribution in [0.5, 0.6) is 0 Å². The predicted molar refractivity (Wildman–Crippen MR) is 236 cm³/mol. The summed E-state index contributed by atoms with van der Waals surface area (Å²) in [6.07, 6.45) is 0. The minimum Gasteiger partial charge on any atom is -0.309 e. The largest absolute Gasteiger partial charge is 0.309 e. The van der Waals surface area contributed by atoms with E-state index in [1.807, 2.05) is 29.5 Å². The van der Waals surface area contributed by atoms with Gasteiger partial charge in [-0.05, 0) is 80.8 Å². The van der Waals surface area contributed by atoms with Crippen LogP contribution in [0.1, 0.15) is 0 Å². The number of hydrogen-bond acceptors (Lipinski definition) is 4. The van der Waals surface area contributed by atoms with E-state index in [1.54, 1.807) is 0 Å². The summed E-state index contributed by atoms with van der Waals surface area (Å²) in [6, 6.07) is 65.1. The molecule has 0 spiro atoms. The van der Waals surface area contributed by atoms with Crippen molar-refractivity contribution < 1.29 is 0 Å². The molecule has 0 radical (unpaired) electrons. The fourth-order valence-corrected chi connectivity index (χ4v) is 9.67. The van der Waals surface area contributed by atoms with Crippen LogP contribution in [0, 0.1) is 0 Å². The van der Waals surface area contributed by atoms with Gasteiger partial charge in [0, 0.05) is 53.3 Å². The summed E-state index contributed by atoms with van der Waals surface area (Å²) in [5, 5.41) is 12.0. The summed E-state index contributed by atoms with van der Waals surface area (Å²) in [6.45, 7) is 0. The van der Waals surface area contributed by atoms with Crippen LogP contribution in [0.15, 0.2) is 182 Å². The number of thiophene rings is 1. The highest BCUT2D eigenvalue weighted by atomic mass is 32.1. The van der Waals surface area contributed by atoms with Gasteiger partial charge in [-0.1, -0.05) is 133 Å². The summed E-state index contributed by atoms with van der Waals surface area (Å²) >= 11 is 1.81. The van der Waals surface area contributed by atoms with Crippen LogP contribution in [0.2, 0.25) is 0 Å². The third kappa shape index (κ3) is 4.81. The molecule has 12 rings (SSSR count). The quantitative estimate of drug-likeness (QED) is 0.181. The van der Waals surface area contributed by atoms with Crippen molar-refractivity contribution in [2.24, 2.45) is 0 Å². The molecule has 5 heteroatoms. The molecule has 12 aromatic rings. The maximum Gasteiger partial charge on any atom is 0.164 e. The first-order valence-corrected chi connectivity index (χ1v) is 19.7. The van der Waals surface area contributed by atoms with E-state index >= 15 is 0 Å². The monoisotopic (exact) mass is 730 g/mol. The summed E-state index contributed by atoms with van der Waals surface area (Å²) in [5.41, 5.74) is 6.44. The zero-order valence-electron chi connectivity index (χ0n) is 30.0. The molecule has 260 valence electrons. The molecule has 0 N–H and O–H groups in total. The van der Waals surface area contributed by atoms with Gasteiger partial charge in [0.25, 0.3) is 0 Å². The molecule has 9 aromatic carbocycles. The van der Waals surface area contributed by atoms with Crippen molar-refractivity contribution in [1.29, 1.82) is 0 Å². The van der Waals surface area contributed by atoms with Gasteiger partial charge in [0.05, 0.1) is 11.0 Å². The van der Waals surface area contributed by atoms with E-state index in [-0.39, 0.29) is 0 Å². The van der Waals surface area contributed by atoms with Gasteiger partial charge in [-0.3, -0.25) is 0 Å². The van der Waals surface area contributed by atoms with Crippen molar-refractivity contribution >= 4 is 85.6 Å². The molecule has 3 heterocycles. The topological polar surface area (TPSA) is 43.6 Å². The van der Waals surface area contributed by atoms with Gasteiger partial charge in [-0.2, -0.15) is 0 Å². The Balaban J connectivity index is 1.13. The van der Waals surface area contributed by atoms with Crippen LogP contribution in [-0.4, -0.2) is 19.5 Å². The lowest BCUT2D eigenvalue weighted by Crippen LogP contribution is -2.00. The van der Waals surface area contributed by atoms with Gasteiger partial charge in [0.15, 0.2) is 17.5 Å². The predicted octanol–water partition coefficient (Wildman–Crippen LogP) is 13.8. The standard InChI is InChI=1S/C51H30N4S/c1-2-13-32(14-3-1)49-52-50(39-21-10-19-31-12-8-9-20-38(31)39)54-51(53-49)40-22-11-23-47-48(40)43-30-37(24-25-46(43)56-47)55-44-28-35-17-6-4-15-33(35)26-41(44)42-27-34-16-5-7-18-36(34)29-45(42)55/h1-30H. The molecule has 0 unspecified atom stereocenters. The third-order valence-corrected chi connectivity index (χ3v) is 12.3. The fourth-order valence-electron chi connectivity index (χ4n) is 8.56. The van der Waals surface area contributed by atoms with Crippen LogP contribution in [0.4, 0.5) is 0 Å². The first kappa shape index (κ1) is 31.2. The Labute approximate surface area is 325 Å². The van der Waals surface area contributed by atoms with E-state index in [4.69, 9.17) is 15.0 Å². The normalized spacial score (nSPS) is 11.9. The van der Waals surface area contributed by atoms with Crippen molar-refractivity contribution in [2.45, 2.75) is 0 Å². The third-order valence-electron chi connectivity index (χ3n) is 11.2. The number of rotatable bonds is 4. The van der Waals surface area contributed by atoms with Gasteiger partial charge >= 0.3 is 0 Å². The molecule has 0 atom stereocenters. The highest BCUT2D eigenvalue weighted by Crippen LogP contribution is 2.43. The summed E-state index contributed by atoms with van der Waals surface area (Å²) < 4.78 is 4.87. The van der Waals surface area contributed by atoms with Crippen LogP contribution >= 0.6 is 11.3 Å². The van der Waals surface area contributed by atoms with Crippen LogP contribution in [0.25, 0.3) is 114 Å². The first-order chi connectivity index (χ1) is 27.7. The number of fused-ring (bicyclic) bond motifs is 9. The van der Waals surface area contributed by atoms with Crippen LogP contribution in [0.3, 0.4) is 0 Å². The van der Waals surface area contributed by atoms with Crippen LogP contribution < -0.4 is 0 Å². The molecule has 0 saturated heterocycles. The first-order valence-electron chi connectivity index (χ1n) is 18.8. The second-order valence-electron chi connectivity index (χ2n) is 14.4. The molecule has 56 heavy (non-hydrogen) atoms. The summed E-state index contributed by atoms with van der Waals surface area (Å²) in [4.78, 5) is 15.6. The molecule has 0 amide bonds. The average molecular weight is 731 g/mol. The van der Waals surface area contributed by atoms with E-state index in [9.17, 15) is 0 Å². The molecule has 0 bridgehead atoms. The highest BCUT2D eigenvalue weighted by molar-refractivity contribution is 7.26. The van der Waals surface area contributed by atoms with Crippen molar-refractivity contribution in [2.75, 3.05) is 0 Å². The highest BCUT2D eigenvalue weighted by Gasteiger charge is 2.20. The van der Waals surface area contributed by atoms with E-state index in [2.05, 4.69) is 168 Å².